The zero-order valence-corrected chi connectivity index (χ0v) is 23.0. The van der Waals surface area contributed by atoms with Crippen LogP contribution in [0.2, 0.25) is 0 Å². The number of carbonyl (C=O) groups is 1. The first kappa shape index (κ1) is 30.9. The summed E-state index contributed by atoms with van der Waals surface area (Å²) in [6.45, 7) is 4.92. The lowest BCUT2D eigenvalue weighted by Crippen LogP contribution is -3.00. The van der Waals surface area contributed by atoms with Crippen molar-refractivity contribution < 1.29 is 53.0 Å². The van der Waals surface area contributed by atoms with Crippen LogP contribution >= 0.6 is 0 Å². The molecule has 0 saturated carbocycles. The summed E-state index contributed by atoms with van der Waals surface area (Å²) < 4.78 is 21.5. The van der Waals surface area contributed by atoms with Crippen LogP contribution in [0, 0.1) is 0 Å². The van der Waals surface area contributed by atoms with Crippen LogP contribution in [0.4, 0.5) is 0 Å². The van der Waals surface area contributed by atoms with E-state index in [0.717, 1.165) is 50.2 Å². The molecule has 0 aliphatic carbocycles. The lowest BCUT2D eigenvalue weighted by molar-refractivity contribution is -0.549. The molecule has 12 heteroatoms. The molecule has 2 aliphatic heterocycles. The van der Waals surface area contributed by atoms with Crippen LogP contribution in [0.25, 0.3) is 0 Å². The number of guanidine groups is 2. The maximum absolute atomic E-state index is 12.8. The van der Waals surface area contributed by atoms with Gasteiger partial charge in [-0.1, -0.05) is 18.2 Å². The number of benzene rings is 2. The SMILES string of the molecule is CCOC(=O)C(Oc1ccc2c(c1)C[N+](=C(N)N)CC2)c1ccc(OC2CC[N+](=C(N)N)CC2)cc1.[Cl-].[Cl-]. The zero-order chi connectivity index (χ0) is 25.7. The fraction of sp³-hybridized carbons (Fsp3) is 0.423. The second kappa shape index (κ2) is 14.0. The Bertz CT molecular complexity index is 1150. The van der Waals surface area contributed by atoms with Crippen LogP contribution < -0.4 is 57.2 Å². The summed E-state index contributed by atoms with van der Waals surface area (Å²) >= 11 is 0. The Morgan fingerprint density at radius 2 is 1.53 bits per heavy atom. The van der Waals surface area contributed by atoms with E-state index in [0.29, 0.717) is 29.8 Å². The largest absolute Gasteiger partial charge is 1.00 e. The van der Waals surface area contributed by atoms with E-state index < -0.39 is 12.1 Å². The van der Waals surface area contributed by atoms with Crippen molar-refractivity contribution in [3.63, 3.8) is 0 Å². The number of hydrogen-bond acceptors (Lipinski definition) is 4. The normalized spacial score (nSPS) is 17.1. The van der Waals surface area contributed by atoms with E-state index in [4.69, 9.17) is 37.1 Å². The Balaban J connectivity index is 0.00000253. The molecule has 4 rings (SSSR count). The smallest absolute Gasteiger partial charge is 0.352 e. The minimum absolute atomic E-state index is 0. The van der Waals surface area contributed by atoms with Crippen molar-refractivity contribution in [3.05, 3.63) is 59.2 Å². The number of esters is 1. The van der Waals surface area contributed by atoms with E-state index in [1.54, 1.807) is 6.92 Å². The number of nitrogens with zero attached hydrogens (tertiary/aromatic N) is 2. The fourth-order valence-corrected chi connectivity index (χ4v) is 4.58. The molecule has 0 amide bonds. The molecular formula is C26H36Cl2N6O4. The molecule has 2 aliphatic rings. The molecule has 2 aromatic carbocycles. The van der Waals surface area contributed by atoms with Crippen molar-refractivity contribution in [1.82, 2.24) is 0 Å². The predicted molar refractivity (Wildman–Crippen MR) is 136 cm³/mol. The van der Waals surface area contributed by atoms with Crippen LogP contribution in [-0.2, 0) is 22.5 Å². The van der Waals surface area contributed by atoms with E-state index in [-0.39, 0.29) is 37.5 Å². The van der Waals surface area contributed by atoms with Crippen molar-refractivity contribution >= 4 is 17.9 Å². The second-order valence-electron chi connectivity index (χ2n) is 9.08. The molecule has 1 atom stereocenters. The Hall–Kier alpha value is -3.37. The molecule has 2 aromatic rings. The molecule has 1 saturated heterocycles. The first-order valence-corrected chi connectivity index (χ1v) is 12.3. The van der Waals surface area contributed by atoms with Crippen molar-refractivity contribution in [1.29, 1.82) is 0 Å². The first-order chi connectivity index (χ1) is 17.3. The Morgan fingerprint density at radius 1 is 0.895 bits per heavy atom. The van der Waals surface area contributed by atoms with Crippen molar-refractivity contribution in [2.75, 3.05) is 26.2 Å². The number of fused-ring (bicyclic) bond motifs is 1. The van der Waals surface area contributed by atoms with E-state index in [1.165, 1.54) is 5.56 Å². The summed E-state index contributed by atoms with van der Waals surface area (Å²) in [7, 11) is 0. The van der Waals surface area contributed by atoms with Crippen molar-refractivity contribution in [2.24, 2.45) is 22.9 Å². The maximum atomic E-state index is 12.8. The number of carbonyl (C=O) groups excluding carboxylic acids is 1. The molecular weight excluding hydrogens is 531 g/mol. The van der Waals surface area contributed by atoms with E-state index in [1.807, 2.05) is 51.6 Å². The number of piperidine rings is 1. The molecule has 38 heavy (non-hydrogen) atoms. The minimum atomic E-state index is -0.908. The third-order valence-electron chi connectivity index (χ3n) is 6.60. The molecule has 0 aromatic heterocycles. The predicted octanol–water partition coefficient (Wildman–Crippen LogP) is -5.45. The lowest BCUT2D eigenvalue weighted by atomic mass is 10.0. The zero-order valence-electron chi connectivity index (χ0n) is 21.4. The maximum Gasteiger partial charge on any atom is 0.352 e. The molecule has 208 valence electrons. The highest BCUT2D eigenvalue weighted by molar-refractivity contribution is 5.77. The Morgan fingerprint density at radius 3 is 2.13 bits per heavy atom. The van der Waals surface area contributed by atoms with Crippen LogP contribution in [-0.4, -0.2) is 59.4 Å². The second-order valence-corrected chi connectivity index (χ2v) is 9.08. The van der Waals surface area contributed by atoms with Gasteiger partial charge in [-0.3, -0.25) is 32.1 Å². The highest BCUT2D eigenvalue weighted by Gasteiger charge is 2.26. The average Bonchev–Trinajstić information content (AvgIpc) is 2.88. The van der Waals surface area contributed by atoms with Crippen molar-refractivity contribution in [3.8, 4) is 11.5 Å². The summed E-state index contributed by atoms with van der Waals surface area (Å²) in [5.41, 5.74) is 25.9. The van der Waals surface area contributed by atoms with Crippen LogP contribution in [0.15, 0.2) is 42.5 Å². The number of rotatable bonds is 7. The van der Waals surface area contributed by atoms with Gasteiger partial charge in [0, 0.05) is 24.8 Å². The summed E-state index contributed by atoms with van der Waals surface area (Å²) in [5, 5.41) is 0. The minimum Gasteiger partial charge on any atom is -1.00 e. The van der Waals surface area contributed by atoms with Gasteiger partial charge in [0.15, 0.2) is 0 Å². The van der Waals surface area contributed by atoms with Gasteiger partial charge in [-0.05, 0) is 42.3 Å². The fourth-order valence-electron chi connectivity index (χ4n) is 4.58. The molecule has 1 unspecified atom stereocenters. The number of halogens is 2. The quantitative estimate of drug-likeness (QED) is 0.147. The topological polar surface area (TPSA) is 155 Å². The molecule has 1 fully saturated rings. The highest BCUT2D eigenvalue weighted by atomic mass is 35.5. The standard InChI is InChI=1S/C26H34N6O4.2ClH/c1-2-34-24(33)23(36-22-8-3-17-9-12-32(26(29)30)16-19(17)15-22)18-4-6-20(7-5-18)35-21-10-13-31(14-11-21)25(27)28;;/h3-8,15,21,23H,2,9-14,16H2,1H3,(H6,27,28,29,30);2*1H. The summed E-state index contributed by atoms with van der Waals surface area (Å²) in [4.78, 5) is 12.8. The lowest BCUT2D eigenvalue weighted by Gasteiger charge is -2.25. The molecule has 0 radical (unpaired) electrons. The summed E-state index contributed by atoms with van der Waals surface area (Å²) in [6, 6.07) is 13.2. The summed E-state index contributed by atoms with van der Waals surface area (Å²) in [5.74, 6) is 1.50. The summed E-state index contributed by atoms with van der Waals surface area (Å²) in [6.07, 6.45) is 1.68. The average molecular weight is 568 g/mol. The number of hydrogen-bond donors (Lipinski definition) is 4. The number of ether oxygens (including phenoxy) is 3. The van der Waals surface area contributed by atoms with E-state index in [2.05, 4.69) is 0 Å². The Kier molecular flexibility index (Phi) is 11.3. The van der Waals surface area contributed by atoms with Gasteiger partial charge < -0.3 is 39.0 Å². The van der Waals surface area contributed by atoms with Crippen LogP contribution in [0.1, 0.15) is 42.6 Å². The van der Waals surface area contributed by atoms with Gasteiger partial charge in [0.1, 0.15) is 17.6 Å². The van der Waals surface area contributed by atoms with Gasteiger partial charge >= 0.3 is 17.9 Å². The van der Waals surface area contributed by atoms with E-state index in [9.17, 15) is 4.79 Å². The van der Waals surface area contributed by atoms with Crippen LogP contribution in [0.3, 0.4) is 0 Å². The van der Waals surface area contributed by atoms with Gasteiger partial charge in [-0.15, -0.1) is 0 Å². The van der Waals surface area contributed by atoms with Gasteiger partial charge in [0.2, 0.25) is 6.10 Å². The van der Waals surface area contributed by atoms with Crippen LogP contribution in [0.5, 0.6) is 11.5 Å². The third kappa shape index (κ3) is 7.58. The molecule has 8 N–H and O–H groups in total. The Labute approximate surface area is 235 Å². The van der Waals surface area contributed by atoms with Gasteiger partial charge in [-0.2, -0.15) is 0 Å². The number of nitrogens with two attached hydrogens (primary N) is 4. The highest BCUT2D eigenvalue weighted by Crippen LogP contribution is 2.29. The van der Waals surface area contributed by atoms with Gasteiger partial charge in [0.25, 0.3) is 0 Å². The van der Waals surface area contributed by atoms with E-state index >= 15 is 0 Å². The monoisotopic (exact) mass is 566 g/mol. The third-order valence-corrected chi connectivity index (χ3v) is 6.60. The first-order valence-electron chi connectivity index (χ1n) is 12.3. The molecule has 0 bridgehead atoms. The van der Waals surface area contributed by atoms with Gasteiger partial charge in [0.05, 0.1) is 32.8 Å². The van der Waals surface area contributed by atoms with Gasteiger partial charge in [-0.25, -0.2) is 4.79 Å². The van der Waals surface area contributed by atoms with Crippen molar-refractivity contribution in [2.45, 2.75) is 44.9 Å². The molecule has 0 spiro atoms. The molecule has 10 nitrogen and oxygen atoms in total. The molecule has 2 heterocycles.